The molecule has 1 aliphatic rings. The van der Waals surface area contributed by atoms with Crippen LogP contribution in [0.3, 0.4) is 0 Å². The Bertz CT molecular complexity index is 877. The molecule has 0 bridgehead atoms. The molecule has 1 amide bonds. The normalized spacial score (nSPS) is 16.9. The molecule has 2 heterocycles. The number of benzene rings is 1. The first-order valence-corrected chi connectivity index (χ1v) is 10.2. The van der Waals surface area contributed by atoms with E-state index in [4.69, 9.17) is 9.88 Å². The van der Waals surface area contributed by atoms with Crippen molar-refractivity contribution in [3.05, 3.63) is 48.2 Å². The molecule has 1 unspecified atom stereocenters. The number of nitrogens with two attached hydrogens (primary N) is 1. The molecule has 0 saturated carbocycles. The lowest BCUT2D eigenvalue weighted by Crippen LogP contribution is -2.26. The van der Waals surface area contributed by atoms with Crippen molar-refractivity contribution in [2.24, 2.45) is 5.14 Å². The lowest BCUT2D eigenvalue weighted by molar-refractivity contribution is -0.124. The van der Waals surface area contributed by atoms with Crippen molar-refractivity contribution in [2.75, 3.05) is 23.8 Å². The molecule has 1 aromatic carbocycles. The highest BCUT2D eigenvalue weighted by Crippen LogP contribution is 2.16. The lowest BCUT2D eigenvalue weighted by Gasteiger charge is -2.11. The van der Waals surface area contributed by atoms with Gasteiger partial charge < -0.3 is 15.4 Å². The van der Waals surface area contributed by atoms with Gasteiger partial charge in [-0.3, -0.25) is 4.79 Å². The largest absolute Gasteiger partial charge is 0.370 e. The molecule has 2 aromatic rings. The summed E-state index contributed by atoms with van der Waals surface area (Å²) in [6, 6.07) is 10.0. The molecule has 144 valence electrons. The lowest BCUT2D eigenvalue weighted by atomic mass is 10.1. The Morgan fingerprint density at radius 3 is 2.59 bits per heavy atom. The maximum Gasteiger partial charge on any atom is 0.253 e. The SMILES string of the molecule is NS(=O)(=O)c1ccc(CCNc2ccc(NC(=O)C3CCCO3)cn2)cc1. The average Bonchev–Trinajstić information content (AvgIpc) is 3.18. The number of hydrogen-bond acceptors (Lipinski definition) is 6. The van der Waals surface area contributed by atoms with Crippen LogP contribution in [0.1, 0.15) is 18.4 Å². The molecule has 27 heavy (non-hydrogen) atoms. The van der Waals surface area contributed by atoms with Crippen molar-refractivity contribution >= 4 is 27.4 Å². The van der Waals surface area contributed by atoms with E-state index in [9.17, 15) is 13.2 Å². The number of rotatable bonds is 7. The number of anilines is 2. The summed E-state index contributed by atoms with van der Waals surface area (Å²) in [5.41, 5.74) is 1.61. The fourth-order valence-corrected chi connectivity index (χ4v) is 3.28. The number of pyridine rings is 1. The van der Waals surface area contributed by atoms with Crippen molar-refractivity contribution in [2.45, 2.75) is 30.3 Å². The van der Waals surface area contributed by atoms with Crippen LogP contribution in [0, 0.1) is 0 Å². The van der Waals surface area contributed by atoms with E-state index in [2.05, 4.69) is 15.6 Å². The van der Waals surface area contributed by atoms with Gasteiger partial charge >= 0.3 is 0 Å². The van der Waals surface area contributed by atoms with Crippen LogP contribution < -0.4 is 15.8 Å². The van der Waals surface area contributed by atoms with Crippen molar-refractivity contribution in [3.63, 3.8) is 0 Å². The highest BCUT2D eigenvalue weighted by molar-refractivity contribution is 7.89. The fraction of sp³-hybridized carbons (Fsp3) is 0.333. The second kappa shape index (κ2) is 8.47. The summed E-state index contributed by atoms with van der Waals surface area (Å²) >= 11 is 0. The number of nitrogens with one attached hydrogen (secondary N) is 2. The maximum absolute atomic E-state index is 12.0. The van der Waals surface area contributed by atoms with Crippen molar-refractivity contribution in [1.82, 2.24) is 4.98 Å². The Balaban J connectivity index is 1.46. The van der Waals surface area contributed by atoms with Gasteiger partial charge in [0.2, 0.25) is 10.0 Å². The van der Waals surface area contributed by atoms with Gasteiger partial charge in [0.1, 0.15) is 11.9 Å². The summed E-state index contributed by atoms with van der Waals surface area (Å²) in [4.78, 5) is 16.4. The second-order valence-electron chi connectivity index (χ2n) is 6.29. The van der Waals surface area contributed by atoms with Crippen molar-refractivity contribution < 1.29 is 17.9 Å². The minimum atomic E-state index is -3.66. The summed E-state index contributed by atoms with van der Waals surface area (Å²) < 4.78 is 27.8. The zero-order valence-corrected chi connectivity index (χ0v) is 15.5. The van der Waals surface area contributed by atoms with E-state index in [1.807, 2.05) is 0 Å². The molecule has 0 spiro atoms. The Morgan fingerprint density at radius 1 is 1.22 bits per heavy atom. The second-order valence-corrected chi connectivity index (χ2v) is 7.85. The summed E-state index contributed by atoms with van der Waals surface area (Å²) in [6.07, 6.45) is 3.57. The van der Waals surface area contributed by atoms with Crippen LogP contribution in [0.15, 0.2) is 47.5 Å². The topological polar surface area (TPSA) is 123 Å². The number of carbonyl (C=O) groups excluding carboxylic acids is 1. The molecule has 1 aliphatic heterocycles. The number of nitrogens with zero attached hydrogens (tertiary/aromatic N) is 1. The summed E-state index contributed by atoms with van der Waals surface area (Å²) in [5.74, 6) is 0.546. The van der Waals surface area contributed by atoms with Crippen LogP contribution in [-0.4, -0.2) is 38.6 Å². The Labute approximate surface area is 158 Å². The third-order valence-corrected chi connectivity index (χ3v) is 5.15. The van der Waals surface area contributed by atoms with Gasteiger partial charge in [-0.1, -0.05) is 12.1 Å². The minimum Gasteiger partial charge on any atom is -0.370 e. The molecular formula is C18H22N4O4S. The zero-order chi connectivity index (χ0) is 19.3. The van der Waals surface area contributed by atoms with Crippen LogP contribution in [0.4, 0.5) is 11.5 Å². The molecule has 1 atom stereocenters. The quantitative estimate of drug-likeness (QED) is 0.658. The highest BCUT2D eigenvalue weighted by Gasteiger charge is 2.23. The first-order valence-electron chi connectivity index (χ1n) is 8.66. The summed E-state index contributed by atoms with van der Waals surface area (Å²) in [7, 11) is -3.66. The average molecular weight is 390 g/mol. The van der Waals surface area contributed by atoms with Gasteiger partial charge in [0.15, 0.2) is 0 Å². The van der Waals surface area contributed by atoms with Crippen LogP contribution >= 0.6 is 0 Å². The van der Waals surface area contributed by atoms with Gasteiger partial charge in [-0.25, -0.2) is 18.5 Å². The zero-order valence-electron chi connectivity index (χ0n) is 14.7. The van der Waals surface area contributed by atoms with E-state index < -0.39 is 10.0 Å². The first-order chi connectivity index (χ1) is 12.9. The molecule has 1 aromatic heterocycles. The summed E-state index contributed by atoms with van der Waals surface area (Å²) in [6.45, 7) is 1.26. The van der Waals surface area contributed by atoms with Gasteiger partial charge in [-0.05, 0) is 49.1 Å². The number of sulfonamides is 1. The molecule has 8 nitrogen and oxygen atoms in total. The highest BCUT2D eigenvalue weighted by atomic mass is 32.2. The van der Waals surface area contributed by atoms with E-state index >= 15 is 0 Å². The van der Waals surface area contributed by atoms with Crippen LogP contribution in [-0.2, 0) is 26.0 Å². The number of hydrogen-bond donors (Lipinski definition) is 3. The standard InChI is InChI=1S/C18H22N4O4S/c19-27(24,25)15-6-3-13(4-7-15)9-10-20-17-8-5-14(12-21-17)22-18(23)16-2-1-11-26-16/h3-8,12,16H,1-2,9-11H2,(H,20,21)(H,22,23)(H2,19,24,25). The summed E-state index contributed by atoms with van der Waals surface area (Å²) in [5, 5.41) is 11.1. The number of primary sulfonamides is 1. The first kappa shape index (κ1) is 19.3. The Hall–Kier alpha value is -2.49. The predicted octanol–water partition coefficient (Wildman–Crippen LogP) is 1.50. The maximum atomic E-state index is 12.0. The third-order valence-electron chi connectivity index (χ3n) is 4.22. The number of amides is 1. The monoisotopic (exact) mass is 390 g/mol. The smallest absolute Gasteiger partial charge is 0.253 e. The molecule has 1 saturated heterocycles. The molecule has 4 N–H and O–H groups in total. The Morgan fingerprint density at radius 2 is 2.00 bits per heavy atom. The molecule has 9 heteroatoms. The fourth-order valence-electron chi connectivity index (χ4n) is 2.76. The predicted molar refractivity (Wildman–Crippen MR) is 102 cm³/mol. The van der Waals surface area contributed by atoms with E-state index in [0.29, 0.717) is 31.1 Å². The van der Waals surface area contributed by atoms with Gasteiger partial charge in [-0.15, -0.1) is 0 Å². The van der Waals surface area contributed by atoms with Crippen LogP contribution in [0.25, 0.3) is 0 Å². The third kappa shape index (κ3) is 5.49. The van der Waals surface area contributed by atoms with E-state index in [0.717, 1.165) is 18.4 Å². The van der Waals surface area contributed by atoms with Crippen LogP contribution in [0.5, 0.6) is 0 Å². The van der Waals surface area contributed by atoms with Crippen molar-refractivity contribution in [3.8, 4) is 0 Å². The van der Waals surface area contributed by atoms with E-state index in [1.165, 1.54) is 12.1 Å². The molecule has 1 fully saturated rings. The van der Waals surface area contributed by atoms with Gasteiger partial charge in [-0.2, -0.15) is 0 Å². The van der Waals surface area contributed by atoms with E-state index in [1.54, 1.807) is 30.5 Å². The van der Waals surface area contributed by atoms with Gasteiger partial charge in [0.05, 0.1) is 16.8 Å². The minimum absolute atomic E-state index is 0.0986. The molecule has 0 radical (unpaired) electrons. The molecular weight excluding hydrogens is 368 g/mol. The Kier molecular flexibility index (Phi) is 6.04. The van der Waals surface area contributed by atoms with Gasteiger partial charge in [0.25, 0.3) is 5.91 Å². The molecule has 3 rings (SSSR count). The number of ether oxygens (including phenoxy) is 1. The van der Waals surface area contributed by atoms with Crippen LogP contribution in [0.2, 0.25) is 0 Å². The van der Waals surface area contributed by atoms with E-state index in [-0.39, 0.29) is 16.9 Å². The molecule has 0 aliphatic carbocycles. The number of carbonyl (C=O) groups is 1. The van der Waals surface area contributed by atoms with Crippen molar-refractivity contribution in [1.29, 1.82) is 0 Å². The van der Waals surface area contributed by atoms with Gasteiger partial charge in [0, 0.05) is 13.2 Å². The number of aromatic nitrogens is 1.